The van der Waals surface area contributed by atoms with Crippen LogP contribution in [0.4, 0.5) is 0 Å². The van der Waals surface area contributed by atoms with E-state index in [1.807, 2.05) is 0 Å². The van der Waals surface area contributed by atoms with Crippen LogP contribution in [0.1, 0.15) is 58.3 Å². The van der Waals surface area contributed by atoms with Gasteiger partial charge in [0, 0.05) is 6.08 Å². The van der Waals surface area contributed by atoms with Gasteiger partial charge in [-0.2, -0.15) is 0 Å². The Hall–Kier alpha value is -1.31. The zero-order valence-corrected chi connectivity index (χ0v) is 12.3. The fourth-order valence-corrected chi connectivity index (χ4v) is 1.62. The number of unbranched alkanes of at least 4 members (excludes halogenated alkanes) is 5. The van der Waals surface area contributed by atoms with Gasteiger partial charge in [-0.25, -0.2) is 4.79 Å². The molecule has 0 saturated carbocycles. The smallest absolute Gasteiger partial charge is 0.330 e. The molecule has 19 heavy (non-hydrogen) atoms. The zero-order chi connectivity index (χ0) is 14.2. The molecule has 0 atom stereocenters. The monoisotopic (exact) mass is 264 g/mol. The van der Waals surface area contributed by atoms with Gasteiger partial charge >= 0.3 is 5.97 Å². The van der Waals surface area contributed by atoms with Crippen LogP contribution in [0.25, 0.3) is 0 Å². The molecule has 0 radical (unpaired) electrons. The van der Waals surface area contributed by atoms with Gasteiger partial charge in [-0.05, 0) is 38.5 Å². The second-order valence-corrected chi connectivity index (χ2v) is 4.53. The molecule has 0 aliphatic carbocycles. The minimum absolute atomic E-state index is 0.346. The van der Waals surface area contributed by atoms with Crippen molar-refractivity contribution in [2.45, 2.75) is 58.3 Å². The third kappa shape index (κ3) is 14.6. The molecule has 0 aliphatic heterocycles. The number of hydrogen-bond acceptors (Lipinski definition) is 2. The number of hydrogen-bond donors (Lipinski definition) is 0. The summed E-state index contributed by atoms with van der Waals surface area (Å²) in [5, 5.41) is 0. The number of esters is 1. The number of carbonyl (C=O) groups is 1. The zero-order valence-electron chi connectivity index (χ0n) is 12.3. The molecule has 0 aliphatic rings. The van der Waals surface area contributed by atoms with E-state index in [9.17, 15) is 4.79 Å². The Bertz CT molecular complexity index is 277. The molecule has 0 saturated heterocycles. The summed E-state index contributed by atoms with van der Waals surface area (Å²) in [7, 11) is 0. The summed E-state index contributed by atoms with van der Waals surface area (Å²) in [5.41, 5.74) is 0. The lowest BCUT2D eigenvalue weighted by atomic mass is 10.1. The summed E-state index contributed by atoms with van der Waals surface area (Å²) < 4.78 is 4.86. The van der Waals surface area contributed by atoms with Gasteiger partial charge in [0.1, 0.15) is 0 Å². The summed E-state index contributed by atoms with van der Waals surface area (Å²) in [5.74, 6) is -0.346. The second-order valence-electron chi connectivity index (χ2n) is 4.53. The van der Waals surface area contributed by atoms with Crippen molar-refractivity contribution < 1.29 is 9.53 Å². The fraction of sp³-hybridized carbons (Fsp3) is 0.588. The average Bonchev–Trinajstić information content (AvgIpc) is 2.43. The maximum atomic E-state index is 10.7. The van der Waals surface area contributed by atoms with Crippen LogP contribution in [0.15, 0.2) is 37.0 Å². The quantitative estimate of drug-likeness (QED) is 0.215. The Labute approximate surface area is 118 Å². The number of allylic oxidation sites excluding steroid dienone is 3. The van der Waals surface area contributed by atoms with Crippen molar-refractivity contribution >= 4 is 5.97 Å². The lowest BCUT2D eigenvalue weighted by Gasteiger charge is -1.97. The molecule has 2 heteroatoms. The summed E-state index contributed by atoms with van der Waals surface area (Å²) in [4.78, 5) is 10.7. The van der Waals surface area contributed by atoms with Crippen LogP contribution in [0, 0.1) is 0 Å². The molecular weight excluding hydrogens is 236 g/mol. The molecule has 0 aromatic rings. The molecule has 0 fully saturated rings. The molecule has 2 nitrogen and oxygen atoms in total. The van der Waals surface area contributed by atoms with E-state index in [2.05, 4.69) is 37.8 Å². The number of ether oxygens (including phenoxy) is 1. The largest absolute Gasteiger partial charge is 0.462 e. The second kappa shape index (κ2) is 14.7. The van der Waals surface area contributed by atoms with Crippen LogP contribution in [0.5, 0.6) is 0 Å². The van der Waals surface area contributed by atoms with Crippen LogP contribution in [-0.2, 0) is 9.53 Å². The van der Waals surface area contributed by atoms with Crippen LogP contribution >= 0.6 is 0 Å². The Kier molecular flexibility index (Phi) is 13.7. The standard InChI is InChI=1S/C17H28O2/c1-3-5-6-7-8-9-10-11-12-13-14-15-16-19-17(18)4-2/h4,8-9,13-14H,2-3,5-7,10-12,15-16H2,1H3/b9-8-,14-13+. The van der Waals surface area contributed by atoms with Crippen LogP contribution in [-0.4, -0.2) is 12.6 Å². The summed E-state index contributed by atoms with van der Waals surface area (Å²) >= 11 is 0. The first-order valence-corrected chi connectivity index (χ1v) is 7.40. The van der Waals surface area contributed by atoms with Crippen molar-refractivity contribution in [3.8, 4) is 0 Å². The first-order valence-electron chi connectivity index (χ1n) is 7.40. The Morgan fingerprint density at radius 2 is 1.53 bits per heavy atom. The summed E-state index contributed by atoms with van der Waals surface area (Å²) in [6.45, 7) is 6.02. The lowest BCUT2D eigenvalue weighted by molar-refractivity contribution is -0.137. The van der Waals surface area contributed by atoms with E-state index in [0.29, 0.717) is 6.61 Å². The highest BCUT2D eigenvalue weighted by atomic mass is 16.5. The van der Waals surface area contributed by atoms with Gasteiger partial charge in [-0.3, -0.25) is 0 Å². The highest BCUT2D eigenvalue weighted by Gasteiger charge is 1.91. The van der Waals surface area contributed by atoms with E-state index in [4.69, 9.17) is 4.74 Å². The van der Waals surface area contributed by atoms with Crippen molar-refractivity contribution in [3.05, 3.63) is 37.0 Å². The maximum Gasteiger partial charge on any atom is 0.330 e. The minimum atomic E-state index is -0.346. The molecule has 0 unspecified atom stereocenters. The normalized spacial score (nSPS) is 11.2. The topological polar surface area (TPSA) is 26.3 Å². The minimum Gasteiger partial charge on any atom is -0.462 e. The third-order valence-electron chi connectivity index (χ3n) is 2.74. The van der Waals surface area contributed by atoms with Crippen molar-refractivity contribution in [1.82, 2.24) is 0 Å². The van der Waals surface area contributed by atoms with Gasteiger partial charge in [0.05, 0.1) is 6.61 Å². The van der Waals surface area contributed by atoms with E-state index < -0.39 is 0 Å². The van der Waals surface area contributed by atoms with E-state index in [1.54, 1.807) is 0 Å². The van der Waals surface area contributed by atoms with Crippen molar-refractivity contribution in [2.75, 3.05) is 6.61 Å². The van der Waals surface area contributed by atoms with Gasteiger partial charge < -0.3 is 4.74 Å². The molecule has 0 heterocycles. The average molecular weight is 264 g/mol. The number of carbonyl (C=O) groups excluding carboxylic acids is 1. The highest BCUT2D eigenvalue weighted by molar-refractivity contribution is 5.81. The molecule has 0 spiro atoms. The lowest BCUT2D eigenvalue weighted by Crippen LogP contribution is -2.00. The van der Waals surface area contributed by atoms with E-state index in [-0.39, 0.29) is 5.97 Å². The molecular formula is C17H28O2. The Balaban J connectivity index is 3.25. The molecule has 0 bridgehead atoms. The summed E-state index contributed by atoms with van der Waals surface area (Å²) in [6.07, 6.45) is 19.4. The Morgan fingerprint density at radius 3 is 2.11 bits per heavy atom. The van der Waals surface area contributed by atoms with Gasteiger partial charge in [0.15, 0.2) is 0 Å². The van der Waals surface area contributed by atoms with Crippen LogP contribution in [0.2, 0.25) is 0 Å². The summed E-state index contributed by atoms with van der Waals surface area (Å²) in [6, 6.07) is 0. The predicted molar refractivity (Wildman–Crippen MR) is 82.0 cm³/mol. The third-order valence-corrected chi connectivity index (χ3v) is 2.74. The molecule has 108 valence electrons. The fourth-order valence-electron chi connectivity index (χ4n) is 1.62. The van der Waals surface area contributed by atoms with Crippen molar-refractivity contribution in [3.63, 3.8) is 0 Å². The van der Waals surface area contributed by atoms with Gasteiger partial charge in [-0.1, -0.05) is 50.6 Å². The van der Waals surface area contributed by atoms with E-state index >= 15 is 0 Å². The molecule has 0 rings (SSSR count). The maximum absolute atomic E-state index is 10.7. The van der Waals surface area contributed by atoms with E-state index in [0.717, 1.165) is 19.3 Å². The van der Waals surface area contributed by atoms with E-state index in [1.165, 1.54) is 38.2 Å². The van der Waals surface area contributed by atoms with Gasteiger partial charge in [-0.15, -0.1) is 0 Å². The van der Waals surface area contributed by atoms with Crippen molar-refractivity contribution in [2.24, 2.45) is 0 Å². The van der Waals surface area contributed by atoms with Crippen LogP contribution < -0.4 is 0 Å². The SMILES string of the molecule is C=CC(=O)OCC/C=C/CCC/C=C\CCCCC. The highest BCUT2D eigenvalue weighted by Crippen LogP contribution is 2.03. The number of rotatable bonds is 12. The van der Waals surface area contributed by atoms with Gasteiger partial charge in [0.2, 0.25) is 0 Å². The first kappa shape index (κ1) is 17.7. The Morgan fingerprint density at radius 1 is 0.947 bits per heavy atom. The molecule has 0 N–H and O–H groups in total. The van der Waals surface area contributed by atoms with Crippen molar-refractivity contribution in [1.29, 1.82) is 0 Å². The molecule has 0 aromatic heterocycles. The van der Waals surface area contributed by atoms with Crippen LogP contribution in [0.3, 0.4) is 0 Å². The predicted octanol–water partition coefficient (Wildman–Crippen LogP) is 4.97. The first-order chi connectivity index (χ1) is 9.31. The molecule has 0 aromatic carbocycles. The molecule has 0 amide bonds. The van der Waals surface area contributed by atoms with Gasteiger partial charge in [0.25, 0.3) is 0 Å².